The van der Waals surface area contributed by atoms with Crippen molar-refractivity contribution in [1.82, 2.24) is 0 Å². The van der Waals surface area contributed by atoms with E-state index in [4.69, 9.17) is 0 Å². The third-order valence-electron chi connectivity index (χ3n) is 9.59. The van der Waals surface area contributed by atoms with E-state index in [1.54, 1.807) is 0 Å². The Morgan fingerprint density at radius 2 is 1.70 bits per heavy atom. The first kappa shape index (κ1) is 18.2. The Labute approximate surface area is 164 Å². The molecule has 0 amide bonds. The van der Waals surface area contributed by atoms with Crippen LogP contribution in [0.1, 0.15) is 84.5 Å². The minimum Gasteiger partial charge on any atom is -0.378 e. The summed E-state index contributed by atoms with van der Waals surface area (Å²) in [4.78, 5) is 12.2. The number of Topliss-reactive ketones (excluding diaryl/α,β-unsaturated/α-hetero) is 1. The number of aliphatic hydroxyl groups is 1. The van der Waals surface area contributed by atoms with Crippen molar-refractivity contribution in [3.8, 4) is 11.8 Å². The zero-order valence-corrected chi connectivity index (χ0v) is 17.2. The van der Waals surface area contributed by atoms with Gasteiger partial charge in [0.15, 0.2) is 0 Å². The molecule has 5 saturated carbocycles. The van der Waals surface area contributed by atoms with Gasteiger partial charge in [0, 0.05) is 11.8 Å². The van der Waals surface area contributed by atoms with Crippen LogP contribution >= 0.6 is 0 Å². The number of hydrogen-bond donors (Lipinski definition) is 1. The summed E-state index contributed by atoms with van der Waals surface area (Å²) < 4.78 is 0. The van der Waals surface area contributed by atoms with Crippen LogP contribution in [0, 0.1) is 58.7 Å². The van der Waals surface area contributed by atoms with Crippen LogP contribution < -0.4 is 0 Å². The second-order valence-corrected chi connectivity index (χ2v) is 11.0. The molecule has 0 radical (unpaired) electrons. The summed E-state index contributed by atoms with van der Waals surface area (Å²) in [6, 6.07) is 0. The Morgan fingerprint density at radius 3 is 2.44 bits per heavy atom. The van der Waals surface area contributed by atoms with Crippen molar-refractivity contribution < 1.29 is 9.90 Å². The number of hydrogen-bond acceptors (Lipinski definition) is 2. The van der Waals surface area contributed by atoms with Gasteiger partial charge in [-0.25, -0.2) is 0 Å². The topological polar surface area (TPSA) is 37.3 Å². The summed E-state index contributed by atoms with van der Waals surface area (Å²) in [6.07, 6.45) is 13.0. The molecule has 0 aromatic carbocycles. The van der Waals surface area contributed by atoms with Gasteiger partial charge in [0.05, 0.1) is 0 Å². The van der Waals surface area contributed by atoms with E-state index >= 15 is 0 Å². The molecular weight excluding hydrogens is 332 g/mol. The summed E-state index contributed by atoms with van der Waals surface area (Å²) in [5.74, 6) is 11.9. The zero-order chi connectivity index (χ0) is 18.8. The lowest BCUT2D eigenvalue weighted by Crippen LogP contribution is -2.51. The van der Waals surface area contributed by atoms with Gasteiger partial charge >= 0.3 is 0 Å². The molecule has 0 aliphatic heterocycles. The van der Waals surface area contributed by atoms with Crippen molar-refractivity contribution >= 4 is 5.78 Å². The minimum absolute atomic E-state index is 0.269. The van der Waals surface area contributed by atoms with E-state index in [1.807, 2.05) is 6.92 Å². The number of rotatable bonds is 1. The molecule has 1 N–H and O–H groups in total. The van der Waals surface area contributed by atoms with Gasteiger partial charge < -0.3 is 5.11 Å². The Morgan fingerprint density at radius 1 is 0.926 bits per heavy atom. The van der Waals surface area contributed by atoms with Crippen LogP contribution in [-0.4, -0.2) is 16.5 Å². The van der Waals surface area contributed by atoms with Gasteiger partial charge in [0.1, 0.15) is 11.4 Å². The molecule has 0 spiro atoms. The summed E-state index contributed by atoms with van der Waals surface area (Å²) in [5, 5.41) is 11.1. The van der Waals surface area contributed by atoms with Gasteiger partial charge in [-0.3, -0.25) is 4.79 Å². The summed E-state index contributed by atoms with van der Waals surface area (Å²) >= 11 is 0. The van der Waals surface area contributed by atoms with Crippen LogP contribution in [0.25, 0.3) is 0 Å². The molecule has 5 rings (SSSR count). The molecule has 2 heteroatoms. The number of ketones is 1. The van der Waals surface area contributed by atoms with E-state index < -0.39 is 5.60 Å². The summed E-state index contributed by atoms with van der Waals surface area (Å²) in [6.45, 7) is 4.26. The van der Waals surface area contributed by atoms with E-state index in [2.05, 4.69) is 18.8 Å². The average Bonchev–Trinajstić information content (AvgIpc) is 3.39. The molecule has 5 aliphatic rings. The van der Waals surface area contributed by atoms with E-state index in [9.17, 15) is 9.90 Å². The highest BCUT2D eigenvalue weighted by Gasteiger charge is 2.58. The first-order chi connectivity index (χ1) is 12.9. The molecule has 1 unspecified atom stereocenters. The lowest BCUT2D eigenvalue weighted by molar-refractivity contribution is -0.129. The monoisotopic (exact) mass is 368 g/mol. The normalized spacial score (nSPS) is 51.4. The highest BCUT2D eigenvalue weighted by molar-refractivity contribution is 5.79. The third kappa shape index (κ3) is 3.00. The third-order valence-corrected chi connectivity index (χ3v) is 9.59. The van der Waals surface area contributed by atoms with Gasteiger partial charge in [-0.2, -0.15) is 0 Å². The minimum atomic E-state index is -0.702. The average molecular weight is 369 g/mol. The maximum Gasteiger partial charge on any atom is 0.133 e. The maximum absolute atomic E-state index is 12.2. The molecule has 5 aliphatic carbocycles. The van der Waals surface area contributed by atoms with Gasteiger partial charge in [-0.1, -0.05) is 18.8 Å². The predicted molar refractivity (Wildman–Crippen MR) is 107 cm³/mol. The van der Waals surface area contributed by atoms with Crippen molar-refractivity contribution in [2.24, 2.45) is 46.8 Å². The molecule has 5 fully saturated rings. The van der Waals surface area contributed by atoms with Crippen LogP contribution in [0.15, 0.2) is 0 Å². The first-order valence-corrected chi connectivity index (χ1v) is 11.7. The first-order valence-electron chi connectivity index (χ1n) is 11.7. The molecule has 27 heavy (non-hydrogen) atoms. The van der Waals surface area contributed by atoms with E-state index in [0.717, 1.165) is 42.9 Å². The van der Waals surface area contributed by atoms with Crippen LogP contribution in [0.3, 0.4) is 0 Å². The van der Waals surface area contributed by atoms with Gasteiger partial charge in [-0.15, -0.1) is 0 Å². The molecule has 0 saturated heterocycles. The quantitative estimate of drug-likeness (QED) is 0.662. The fourth-order valence-corrected chi connectivity index (χ4v) is 8.12. The van der Waals surface area contributed by atoms with Crippen LogP contribution in [0.5, 0.6) is 0 Å². The number of fused-ring (bicyclic) bond motifs is 5. The molecule has 0 aromatic heterocycles. The van der Waals surface area contributed by atoms with E-state index in [1.165, 1.54) is 51.4 Å². The predicted octanol–water partition coefficient (Wildman–Crippen LogP) is 4.99. The highest BCUT2D eigenvalue weighted by atomic mass is 16.3. The van der Waals surface area contributed by atoms with Gasteiger partial charge in [0.2, 0.25) is 0 Å². The van der Waals surface area contributed by atoms with Crippen LogP contribution in [0.4, 0.5) is 0 Å². The second-order valence-electron chi connectivity index (χ2n) is 11.0. The molecule has 0 bridgehead atoms. The zero-order valence-electron chi connectivity index (χ0n) is 17.2. The Hall–Kier alpha value is -0.810. The fraction of sp³-hybridized carbons (Fsp3) is 0.880. The standard InChI is InChI=1S/C25H36O2/c1-16(26)22-7-8-23-21-6-5-18-15-25(27,13-9-17-3-4-17)14-11-19(18)20(21)10-12-24(22,23)2/h17-23,27H,3-8,10-12,14-15H2,1-2H3/t18-,19+,20-,21?,22-,23+,24-,25+/m1/s1. The van der Waals surface area contributed by atoms with Crippen LogP contribution in [-0.2, 0) is 4.79 Å². The molecule has 8 atom stereocenters. The summed E-state index contributed by atoms with van der Waals surface area (Å²) in [7, 11) is 0. The maximum atomic E-state index is 12.2. The van der Waals surface area contributed by atoms with Crippen molar-refractivity contribution in [1.29, 1.82) is 0 Å². The van der Waals surface area contributed by atoms with Crippen molar-refractivity contribution in [3.05, 3.63) is 0 Å². The molecule has 2 nitrogen and oxygen atoms in total. The summed E-state index contributed by atoms with van der Waals surface area (Å²) in [5.41, 5.74) is -0.433. The highest BCUT2D eigenvalue weighted by Crippen LogP contribution is 2.64. The van der Waals surface area contributed by atoms with Gasteiger partial charge in [-0.05, 0) is 113 Å². The molecule has 148 valence electrons. The Bertz CT molecular complexity index is 682. The largest absolute Gasteiger partial charge is 0.378 e. The van der Waals surface area contributed by atoms with Crippen LogP contribution in [0.2, 0.25) is 0 Å². The van der Waals surface area contributed by atoms with E-state index in [0.29, 0.717) is 23.5 Å². The SMILES string of the molecule is CC(=O)[C@H]1CC[C@H]2C3CC[C@@H]4C[C@](O)(C#CC5CC5)CC[C@@H]4[C@H]3CC[C@]12C. The fourth-order valence-electron chi connectivity index (χ4n) is 8.12. The van der Waals surface area contributed by atoms with Crippen molar-refractivity contribution in [2.75, 3.05) is 0 Å². The lowest BCUT2D eigenvalue weighted by Gasteiger charge is -2.56. The smallest absolute Gasteiger partial charge is 0.133 e. The van der Waals surface area contributed by atoms with Crippen molar-refractivity contribution in [2.45, 2.75) is 90.1 Å². The number of carbonyl (C=O) groups is 1. The van der Waals surface area contributed by atoms with Gasteiger partial charge in [0.25, 0.3) is 0 Å². The molecule has 0 aromatic rings. The second kappa shape index (κ2) is 6.35. The Kier molecular flexibility index (Phi) is 4.29. The van der Waals surface area contributed by atoms with Crippen molar-refractivity contribution in [3.63, 3.8) is 0 Å². The van der Waals surface area contributed by atoms with E-state index in [-0.39, 0.29) is 5.41 Å². The Balaban J connectivity index is 1.32. The molecular formula is C25H36O2. The number of carbonyl (C=O) groups excluding carboxylic acids is 1. The molecule has 0 heterocycles. The lowest BCUT2D eigenvalue weighted by atomic mass is 9.49.